The maximum Gasteiger partial charge on any atom is 0.255 e. The van der Waals surface area contributed by atoms with Gasteiger partial charge in [-0.05, 0) is 76.5 Å². The van der Waals surface area contributed by atoms with E-state index in [2.05, 4.69) is 28.6 Å². The summed E-state index contributed by atoms with van der Waals surface area (Å²) in [4.78, 5) is 15.5. The number of hydrogen-bond donors (Lipinski definition) is 1. The minimum atomic E-state index is 0.164. The lowest BCUT2D eigenvalue weighted by atomic mass is 10.0. The Bertz CT molecular complexity index is 774. The number of carbonyl (C=O) groups excluding carboxylic acids is 1. The zero-order valence-corrected chi connectivity index (χ0v) is 16.9. The lowest BCUT2D eigenvalue weighted by molar-refractivity contribution is 0.0642. The molecule has 0 saturated carbocycles. The molecule has 0 aliphatic carbocycles. The molecule has 1 aliphatic rings. The average molecular weight is 370 g/mol. The molecular formula is C22H31N3O2. The number of aromatic nitrogens is 1. The van der Waals surface area contributed by atoms with Crippen molar-refractivity contribution in [2.24, 2.45) is 0 Å². The number of benzene rings is 1. The Balaban J connectivity index is 1.92. The molecule has 1 aromatic heterocycles. The van der Waals surface area contributed by atoms with Gasteiger partial charge in [0.15, 0.2) is 0 Å². The van der Waals surface area contributed by atoms with E-state index in [-0.39, 0.29) is 5.91 Å². The molecule has 0 bridgehead atoms. The van der Waals surface area contributed by atoms with Crippen LogP contribution in [0, 0.1) is 13.8 Å². The maximum atomic E-state index is 13.4. The first-order chi connectivity index (χ1) is 13.1. The van der Waals surface area contributed by atoms with Crippen LogP contribution in [0.4, 0.5) is 0 Å². The van der Waals surface area contributed by atoms with Crippen LogP contribution in [-0.2, 0) is 0 Å². The fourth-order valence-corrected chi connectivity index (χ4v) is 4.07. The van der Waals surface area contributed by atoms with Crippen LogP contribution in [-0.4, -0.2) is 48.2 Å². The number of nitrogens with one attached hydrogen (secondary N) is 1. The predicted molar refractivity (Wildman–Crippen MR) is 109 cm³/mol. The molecular weight excluding hydrogens is 338 g/mol. The summed E-state index contributed by atoms with van der Waals surface area (Å²) in [5.41, 5.74) is 3.93. The van der Waals surface area contributed by atoms with Gasteiger partial charge in [0.25, 0.3) is 5.91 Å². The minimum absolute atomic E-state index is 0.164. The van der Waals surface area contributed by atoms with Gasteiger partial charge in [0, 0.05) is 29.7 Å². The summed E-state index contributed by atoms with van der Waals surface area (Å²) in [5, 5.41) is 3.39. The first kappa shape index (κ1) is 19.5. The second-order valence-electron chi connectivity index (χ2n) is 7.30. The summed E-state index contributed by atoms with van der Waals surface area (Å²) in [7, 11) is 1.67. The third-order valence-electron chi connectivity index (χ3n) is 5.47. The minimum Gasteiger partial charge on any atom is -0.497 e. The lowest BCUT2D eigenvalue weighted by Gasteiger charge is -2.34. The number of aryl methyl sites for hydroxylation is 1. The number of hydrogen-bond acceptors (Lipinski definition) is 3. The van der Waals surface area contributed by atoms with Crippen molar-refractivity contribution in [3.05, 3.63) is 47.3 Å². The van der Waals surface area contributed by atoms with Crippen LogP contribution in [0.15, 0.2) is 30.3 Å². The van der Waals surface area contributed by atoms with Crippen molar-refractivity contribution < 1.29 is 9.53 Å². The maximum absolute atomic E-state index is 13.4. The molecule has 1 fully saturated rings. The van der Waals surface area contributed by atoms with Gasteiger partial charge in [0.1, 0.15) is 5.75 Å². The average Bonchev–Trinajstić information content (AvgIpc) is 3.00. The number of piperidine rings is 1. The first-order valence-corrected chi connectivity index (χ1v) is 9.91. The molecule has 1 aromatic carbocycles. The summed E-state index contributed by atoms with van der Waals surface area (Å²) in [6, 6.07) is 10.3. The Morgan fingerprint density at radius 2 is 1.89 bits per heavy atom. The quantitative estimate of drug-likeness (QED) is 0.844. The summed E-state index contributed by atoms with van der Waals surface area (Å²) in [5.74, 6) is 0.995. The van der Waals surface area contributed by atoms with Gasteiger partial charge in [0.05, 0.1) is 12.7 Å². The Hall–Kier alpha value is -2.27. The highest BCUT2D eigenvalue weighted by Crippen LogP contribution is 2.25. The molecule has 1 amide bonds. The Labute approximate surface area is 162 Å². The van der Waals surface area contributed by atoms with Crippen LogP contribution in [0.1, 0.15) is 47.9 Å². The van der Waals surface area contributed by atoms with Gasteiger partial charge in [-0.2, -0.15) is 0 Å². The molecule has 5 heteroatoms. The molecule has 3 rings (SSSR count). The van der Waals surface area contributed by atoms with Crippen molar-refractivity contribution in [1.29, 1.82) is 0 Å². The van der Waals surface area contributed by atoms with E-state index in [1.165, 1.54) is 0 Å². The van der Waals surface area contributed by atoms with Crippen molar-refractivity contribution in [1.82, 2.24) is 14.8 Å². The number of methoxy groups -OCH3 is 1. The third-order valence-corrected chi connectivity index (χ3v) is 5.47. The number of carbonyl (C=O) groups is 1. The topological polar surface area (TPSA) is 46.5 Å². The molecule has 146 valence electrons. The van der Waals surface area contributed by atoms with Gasteiger partial charge in [-0.3, -0.25) is 4.79 Å². The van der Waals surface area contributed by atoms with E-state index >= 15 is 0 Å². The van der Waals surface area contributed by atoms with Crippen molar-refractivity contribution >= 4 is 5.91 Å². The number of nitrogens with zero attached hydrogens (tertiary/aromatic N) is 2. The highest BCUT2D eigenvalue weighted by molar-refractivity contribution is 5.96. The zero-order valence-electron chi connectivity index (χ0n) is 16.9. The SMILES string of the molecule is CCCN(C(=O)c1cc(C)n(-c2ccc(OC)cc2)c1C)C1CCNCC1. The summed E-state index contributed by atoms with van der Waals surface area (Å²) in [6.45, 7) is 9.03. The Kier molecular flexibility index (Phi) is 6.22. The van der Waals surface area contributed by atoms with Gasteiger partial charge in [-0.25, -0.2) is 0 Å². The molecule has 27 heavy (non-hydrogen) atoms. The van der Waals surface area contributed by atoms with Crippen LogP contribution in [0.25, 0.3) is 5.69 Å². The highest BCUT2D eigenvalue weighted by Gasteiger charge is 2.28. The Morgan fingerprint density at radius 3 is 2.48 bits per heavy atom. The largest absolute Gasteiger partial charge is 0.497 e. The van der Waals surface area contributed by atoms with Crippen LogP contribution < -0.4 is 10.1 Å². The van der Waals surface area contributed by atoms with Crippen molar-refractivity contribution in [2.75, 3.05) is 26.7 Å². The molecule has 0 atom stereocenters. The summed E-state index contributed by atoms with van der Waals surface area (Å²) >= 11 is 0. The summed E-state index contributed by atoms with van der Waals surface area (Å²) < 4.78 is 7.41. The number of amides is 1. The fourth-order valence-electron chi connectivity index (χ4n) is 4.07. The predicted octanol–water partition coefficient (Wildman–Crippen LogP) is 3.71. The zero-order chi connectivity index (χ0) is 19.4. The summed E-state index contributed by atoms with van der Waals surface area (Å²) in [6.07, 6.45) is 3.04. The van der Waals surface area contributed by atoms with Gasteiger partial charge in [-0.15, -0.1) is 0 Å². The molecule has 2 aromatic rings. The monoisotopic (exact) mass is 369 g/mol. The van der Waals surface area contributed by atoms with E-state index in [9.17, 15) is 4.79 Å². The van der Waals surface area contributed by atoms with Crippen LogP contribution in [0.3, 0.4) is 0 Å². The van der Waals surface area contributed by atoms with Crippen LogP contribution >= 0.6 is 0 Å². The van der Waals surface area contributed by atoms with E-state index in [1.54, 1.807) is 7.11 Å². The van der Waals surface area contributed by atoms with Crippen LogP contribution in [0.2, 0.25) is 0 Å². The second kappa shape index (κ2) is 8.61. The fraction of sp³-hybridized carbons (Fsp3) is 0.500. The molecule has 2 heterocycles. The van der Waals surface area contributed by atoms with Gasteiger partial charge in [0.2, 0.25) is 0 Å². The van der Waals surface area contributed by atoms with Crippen molar-refractivity contribution in [3.63, 3.8) is 0 Å². The van der Waals surface area contributed by atoms with E-state index in [0.717, 1.165) is 67.3 Å². The number of rotatable bonds is 6. The molecule has 0 radical (unpaired) electrons. The molecule has 5 nitrogen and oxygen atoms in total. The standard InChI is InChI=1S/C22H31N3O2/c1-5-14-24(18-10-12-23-13-11-18)22(26)21-15-16(2)25(17(21)3)19-6-8-20(27-4)9-7-19/h6-9,15,18,23H,5,10-14H2,1-4H3. The molecule has 0 spiro atoms. The normalized spacial score (nSPS) is 15.0. The van der Waals surface area contributed by atoms with Gasteiger partial charge < -0.3 is 19.5 Å². The van der Waals surface area contributed by atoms with Crippen LogP contribution in [0.5, 0.6) is 5.75 Å². The van der Waals surface area contributed by atoms with E-state index in [4.69, 9.17) is 4.74 Å². The van der Waals surface area contributed by atoms with Gasteiger partial charge >= 0.3 is 0 Å². The highest BCUT2D eigenvalue weighted by atomic mass is 16.5. The molecule has 1 saturated heterocycles. The molecule has 1 N–H and O–H groups in total. The van der Waals surface area contributed by atoms with Crippen molar-refractivity contribution in [3.8, 4) is 11.4 Å². The smallest absolute Gasteiger partial charge is 0.255 e. The molecule has 1 aliphatic heterocycles. The van der Waals surface area contributed by atoms with E-state index < -0.39 is 0 Å². The van der Waals surface area contributed by atoms with E-state index in [1.807, 2.05) is 37.3 Å². The lowest BCUT2D eigenvalue weighted by Crippen LogP contribution is -2.46. The first-order valence-electron chi connectivity index (χ1n) is 9.91. The Morgan fingerprint density at radius 1 is 1.22 bits per heavy atom. The van der Waals surface area contributed by atoms with Gasteiger partial charge in [-0.1, -0.05) is 6.92 Å². The molecule has 0 unspecified atom stereocenters. The second-order valence-corrected chi connectivity index (χ2v) is 7.30. The van der Waals surface area contributed by atoms with E-state index in [0.29, 0.717) is 6.04 Å². The third kappa shape index (κ3) is 4.03. The van der Waals surface area contributed by atoms with Crippen molar-refractivity contribution in [2.45, 2.75) is 46.1 Å². The number of ether oxygens (including phenoxy) is 1.